The van der Waals surface area contributed by atoms with Gasteiger partial charge in [-0.2, -0.15) is 0 Å². The van der Waals surface area contributed by atoms with Crippen LogP contribution in [-0.4, -0.2) is 43.2 Å². The fourth-order valence-electron chi connectivity index (χ4n) is 3.34. The van der Waals surface area contributed by atoms with E-state index in [1.54, 1.807) is 0 Å². The first-order valence-corrected chi connectivity index (χ1v) is 8.53. The van der Waals surface area contributed by atoms with Crippen LogP contribution in [-0.2, 0) is 16.1 Å². The largest absolute Gasteiger partial charge is 0.378 e. The van der Waals surface area contributed by atoms with Crippen LogP contribution < -0.4 is 16.0 Å². The Kier molecular flexibility index (Phi) is 9.50. The summed E-state index contributed by atoms with van der Waals surface area (Å²) in [5, 5.41) is 3.05. The lowest BCUT2D eigenvalue weighted by molar-refractivity contribution is -0.126. The second-order valence-corrected chi connectivity index (χ2v) is 6.46. The number of ether oxygens (including phenoxy) is 1. The smallest absolute Gasteiger partial charge is 0.223 e. The quantitative estimate of drug-likeness (QED) is 0.820. The molecular formula is C17H28Cl2N4O2. The van der Waals surface area contributed by atoms with Crippen molar-refractivity contribution in [2.75, 3.05) is 31.2 Å². The third-order valence-corrected chi connectivity index (χ3v) is 4.70. The summed E-state index contributed by atoms with van der Waals surface area (Å²) in [6.45, 7) is 3.76. The standard InChI is InChI=1S/C17H26N4O2.2ClH/c18-15-3-1-2-14(11-15)17(22)20-12-13-4-5-19-16(10-13)21-6-8-23-9-7-21;;/h4-5,10,14-15H,1-3,6-9,11-12,18H2,(H,20,22);2*1H. The van der Waals surface area contributed by atoms with Gasteiger partial charge in [0.15, 0.2) is 0 Å². The van der Waals surface area contributed by atoms with Crippen LogP contribution in [0.5, 0.6) is 0 Å². The first kappa shape index (κ1) is 22.0. The highest BCUT2D eigenvalue weighted by Crippen LogP contribution is 2.23. The Labute approximate surface area is 161 Å². The van der Waals surface area contributed by atoms with E-state index in [0.29, 0.717) is 6.54 Å². The number of anilines is 1. The Hall–Kier alpha value is -1.08. The molecule has 1 aromatic rings. The Morgan fingerprint density at radius 3 is 2.80 bits per heavy atom. The Balaban J connectivity index is 0.00000156. The number of halogens is 2. The first-order chi connectivity index (χ1) is 11.2. The maximum absolute atomic E-state index is 12.3. The van der Waals surface area contributed by atoms with Gasteiger partial charge in [-0.1, -0.05) is 6.42 Å². The highest BCUT2D eigenvalue weighted by Gasteiger charge is 2.25. The molecule has 6 nitrogen and oxygen atoms in total. The van der Waals surface area contributed by atoms with E-state index in [2.05, 4.69) is 21.3 Å². The SMILES string of the molecule is Cl.Cl.NC1CCCC(C(=O)NCc2ccnc(N3CCOCC3)c2)C1. The average molecular weight is 391 g/mol. The van der Waals surface area contributed by atoms with Crippen LogP contribution >= 0.6 is 24.8 Å². The van der Waals surface area contributed by atoms with Gasteiger partial charge < -0.3 is 20.7 Å². The van der Waals surface area contributed by atoms with Gasteiger partial charge in [-0.25, -0.2) is 4.98 Å². The van der Waals surface area contributed by atoms with Crippen molar-refractivity contribution in [2.45, 2.75) is 38.3 Å². The van der Waals surface area contributed by atoms with E-state index in [0.717, 1.165) is 63.4 Å². The van der Waals surface area contributed by atoms with Crippen molar-refractivity contribution in [1.82, 2.24) is 10.3 Å². The van der Waals surface area contributed by atoms with Crippen LogP contribution in [0.25, 0.3) is 0 Å². The lowest BCUT2D eigenvalue weighted by Gasteiger charge is -2.28. The van der Waals surface area contributed by atoms with Gasteiger partial charge in [0.25, 0.3) is 0 Å². The summed E-state index contributed by atoms with van der Waals surface area (Å²) in [6.07, 6.45) is 5.66. The van der Waals surface area contributed by atoms with Crippen LogP contribution in [0.15, 0.2) is 18.3 Å². The molecule has 2 aliphatic rings. The maximum Gasteiger partial charge on any atom is 0.223 e. The number of morpholine rings is 1. The van der Waals surface area contributed by atoms with Gasteiger partial charge in [0, 0.05) is 37.8 Å². The summed E-state index contributed by atoms with van der Waals surface area (Å²) in [4.78, 5) is 18.9. The average Bonchev–Trinajstić information content (AvgIpc) is 2.61. The van der Waals surface area contributed by atoms with E-state index in [4.69, 9.17) is 10.5 Å². The minimum absolute atomic E-state index is 0. The van der Waals surface area contributed by atoms with E-state index in [9.17, 15) is 4.79 Å². The second kappa shape index (κ2) is 10.8. The first-order valence-electron chi connectivity index (χ1n) is 8.53. The molecular weight excluding hydrogens is 363 g/mol. The molecule has 1 aliphatic carbocycles. The zero-order valence-electron chi connectivity index (χ0n) is 14.4. The molecule has 1 saturated heterocycles. The third-order valence-electron chi connectivity index (χ3n) is 4.70. The minimum atomic E-state index is 0. The Morgan fingerprint density at radius 1 is 1.32 bits per heavy atom. The van der Waals surface area contributed by atoms with Crippen LogP contribution in [0, 0.1) is 5.92 Å². The van der Waals surface area contributed by atoms with Gasteiger partial charge >= 0.3 is 0 Å². The van der Waals surface area contributed by atoms with Crippen molar-refractivity contribution in [3.8, 4) is 0 Å². The zero-order chi connectivity index (χ0) is 16.1. The summed E-state index contributed by atoms with van der Waals surface area (Å²) in [5.41, 5.74) is 7.05. The molecule has 3 rings (SSSR count). The fraction of sp³-hybridized carbons (Fsp3) is 0.647. The summed E-state index contributed by atoms with van der Waals surface area (Å²) in [6, 6.07) is 4.18. The molecule has 1 aliphatic heterocycles. The molecule has 25 heavy (non-hydrogen) atoms. The summed E-state index contributed by atoms with van der Waals surface area (Å²) >= 11 is 0. The van der Waals surface area contributed by atoms with Crippen molar-refractivity contribution in [1.29, 1.82) is 0 Å². The van der Waals surface area contributed by atoms with Gasteiger partial charge in [0.1, 0.15) is 5.82 Å². The van der Waals surface area contributed by atoms with Crippen molar-refractivity contribution in [2.24, 2.45) is 11.7 Å². The van der Waals surface area contributed by atoms with Crippen LogP contribution in [0.1, 0.15) is 31.2 Å². The predicted octanol–water partition coefficient (Wildman–Crippen LogP) is 1.90. The molecule has 8 heteroatoms. The van der Waals surface area contributed by atoms with E-state index in [1.807, 2.05) is 12.3 Å². The fourth-order valence-corrected chi connectivity index (χ4v) is 3.34. The highest BCUT2D eigenvalue weighted by atomic mass is 35.5. The van der Waals surface area contributed by atoms with Crippen molar-refractivity contribution in [3.05, 3.63) is 23.9 Å². The Bertz CT molecular complexity index is 541. The number of pyridine rings is 1. The van der Waals surface area contributed by atoms with Gasteiger partial charge in [0.05, 0.1) is 13.2 Å². The minimum Gasteiger partial charge on any atom is -0.378 e. The number of hydrogen-bond acceptors (Lipinski definition) is 5. The predicted molar refractivity (Wildman–Crippen MR) is 104 cm³/mol. The van der Waals surface area contributed by atoms with E-state index in [1.165, 1.54) is 0 Å². The molecule has 2 atom stereocenters. The van der Waals surface area contributed by atoms with Gasteiger partial charge in [-0.05, 0) is 37.0 Å². The van der Waals surface area contributed by atoms with Gasteiger partial charge in [-0.3, -0.25) is 4.79 Å². The number of nitrogens with zero attached hydrogens (tertiary/aromatic N) is 2. The molecule has 1 aromatic heterocycles. The van der Waals surface area contributed by atoms with E-state index >= 15 is 0 Å². The Morgan fingerprint density at radius 2 is 2.08 bits per heavy atom. The lowest BCUT2D eigenvalue weighted by atomic mass is 9.85. The van der Waals surface area contributed by atoms with Gasteiger partial charge in [0.2, 0.25) is 5.91 Å². The number of carbonyl (C=O) groups excluding carboxylic acids is 1. The topological polar surface area (TPSA) is 80.5 Å². The number of nitrogens with one attached hydrogen (secondary N) is 1. The molecule has 3 N–H and O–H groups in total. The molecule has 1 saturated carbocycles. The summed E-state index contributed by atoms with van der Waals surface area (Å²) in [7, 11) is 0. The maximum atomic E-state index is 12.3. The summed E-state index contributed by atoms with van der Waals surface area (Å²) < 4.78 is 5.37. The van der Waals surface area contributed by atoms with E-state index < -0.39 is 0 Å². The van der Waals surface area contributed by atoms with Crippen LogP contribution in [0.4, 0.5) is 5.82 Å². The molecule has 2 unspecified atom stereocenters. The number of carbonyl (C=O) groups is 1. The molecule has 2 heterocycles. The molecule has 0 bridgehead atoms. The van der Waals surface area contributed by atoms with Crippen molar-refractivity contribution < 1.29 is 9.53 Å². The lowest BCUT2D eigenvalue weighted by Crippen LogP contribution is -2.38. The number of aromatic nitrogens is 1. The summed E-state index contributed by atoms with van der Waals surface area (Å²) in [5.74, 6) is 1.16. The van der Waals surface area contributed by atoms with Crippen molar-refractivity contribution >= 4 is 36.5 Å². The molecule has 0 spiro atoms. The monoisotopic (exact) mass is 390 g/mol. The molecule has 0 aromatic carbocycles. The van der Waals surface area contributed by atoms with E-state index in [-0.39, 0.29) is 42.7 Å². The molecule has 0 radical (unpaired) electrons. The number of rotatable bonds is 4. The highest BCUT2D eigenvalue weighted by molar-refractivity contribution is 5.85. The third kappa shape index (κ3) is 6.29. The second-order valence-electron chi connectivity index (χ2n) is 6.46. The number of amides is 1. The van der Waals surface area contributed by atoms with Crippen LogP contribution in [0.3, 0.4) is 0 Å². The normalized spacial score (nSPS) is 23.2. The zero-order valence-corrected chi connectivity index (χ0v) is 16.0. The van der Waals surface area contributed by atoms with Gasteiger partial charge in [-0.15, -0.1) is 24.8 Å². The number of nitrogens with two attached hydrogens (primary N) is 1. The molecule has 1 amide bonds. The van der Waals surface area contributed by atoms with Crippen LogP contribution in [0.2, 0.25) is 0 Å². The number of hydrogen-bond donors (Lipinski definition) is 2. The molecule has 2 fully saturated rings. The van der Waals surface area contributed by atoms with Crippen molar-refractivity contribution in [3.63, 3.8) is 0 Å². The molecule has 142 valence electrons.